The van der Waals surface area contributed by atoms with Crippen LogP contribution >= 0.6 is 11.6 Å². The quantitative estimate of drug-likeness (QED) is 0.705. The Hall–Kier alpha value is -3.26. The van der Waals surface area contributed by atoms with Crippen LogP contribution in [-0.4, -0.2) is 45.7 Å². The Morgan fingerprint density at radius 2 is 1.80 bits per heavy atom. The normalized spacial score (nSPS) is 15.7. The third kappa shape index (κ3) is 4.33. The summed E-state index contributed by atoms with van der Waals surface area (Å²) >= 11 is 6.14. The number of methoxy groups -OCH3 is 3. The molecule has 1 aliphatic heterocycles. The van der Waals surface area contributed by atoms with Gasteiger partial charge in [0, 0.05) is 24.7 Å². The van der Waals surface area contributed by atoms with E-state index in [9.17, 15) is 14.4 Å². The lowest BCUT2D eigenvalue weighted by Gasteiger charge is -2.18. The van der Waals surface area contributed by atoms with Gasteiger partial charge >= 0.3 is 5.97 Å². The topological polar surface area (TPSA) is 94.2 Å². The van der Waals surface area contributed by atoms with Crippen LogP contribution in [0.5, 0.6) is 11.5 Å². The SMILES string of the molecule is COC(=O)c1ccc(Cl)c(NC(=O)C2CC(=O)N(c3ccc(OC)c(OC)c3)C2)c1. The average Bonchev–Trinajstić information content (AvgIpc) is 3.15. The van der Waals surface area contributed by atoms with E-state index in [1.165, 1.54) is 44.4 Å². The molecule has 0 bridgehead atoms. The molecule has 1 saturated heterocycles. The monoisotopic (exact) mass is 432 g/mol. The number of esters is 1. The Morgan fingerprint density at radius 3 is 2.47 bits per heavy atom. The van der Waals surface area contributed by atoms with Crippen LogP contribution in [0.3, 0.4) is 0 Å². The minimum absolute atomic E-state index is 0.0501. The summed E-state index contributed by atoms with van der Waals surface area (Å²) in [5, 5.41) is 2.98. The highest BCUT2D eigenvalue weighted by Gasteiger charge is 2.35. The molecule has 1 unspecified atom stereocenters. The first-order valence-corrected chi connectivity index (χ1v) is 9.46. The molecule has 1 fully saturated rings. The van der Waals surface area contributed by atoms with E-state index < -0.39 is 11.9 Å². The maximum atomic E-state index is 12.8. The molecule has 0 aliphatic carbocycles. The van der Waals surface area contributed by atoms with E-state index in [1.807, 2.05) is 0 Å². The van der Waals surface area contributed by atoms with Gasteiger partial charge in [-0.3, -0.25) is 9.59 Å². The number of hydrogen-bond acceptors (Lipinski definition) is 6. The van der Waals surface area contributed by atoms with E-state index in [0.29, 0.717) is 17.2 Å². The first-order chi connectivity index (χ1) is 14.4. The van der Waals surface area contributed by atoms with Crippen molar-refractivity contribution in [3.8, 4) is 11.5 Å². The molecule has 2 amide bonds. The van der Waals surface area contributed by atoms with E-state index in [4.69, 9.17) is 21.1 Å². The number of nitrogens with one attached hydrogen (secondary N) is 1. The standard InChI is InChI=1S/C21H21ClN2O6/c1-28-17-7-5-14(10-18(17)29-2)24-11-13(9-19(24)25)20(26)23-16-8-12(21(27)30-3)4-6-15(16)22/h4-8,10,13H,9,11H2,1-3H3,(H,23,26). The number of rotatable bonds is 6. The highest BCUT2D eigenvalue weighted by molar-refractivity contribution is 6.34. The molecule has 0 spiro atoms. The number of carbonyl (C=O) groups excluding carboxylic acids is 3. The first kappa shape index (κ1) is 21.4. The van der Waals surface area contributed by atoms with E-state index in [2.05, 4.69) is 10.1 Å². The molecular weight excluding hydrogens is 412 g/mol. The summed E-state index contributed by atoms with van der Waals surface area (Å²) in [6.07, 6.45) is 0.0501. The van der Waals surface area contributed by atoms with Crippen LogP contribution < -0.4 is 19.7 Å². The fourth-order valence-electron chi connectivity index (χ4n) is 3.23. The molecule has 2 aromatic rings. The molecule has 1 atom stereocenters. The van der Waals surface area contributed by atoms with Crippen molar-refractivity contribution in [3.63, 3.8) is 0 Å². The van der Waals surface area contributed by atoms with Gasteiger partial charge in [-0.15, -0.1) is 0 Å². The van der Waals surface area contributed by atoms with Crippen LogP contribution in [0.1, 0.15) is 16.8 Å². The van der Waals surface area contributed by atoms with Gasteiger partial charge in [0.1, 0.15) is 0 Å². The largest absolute Gasteiger partial charge is 0.493 e. The van der Waals surface area contributed by atoms with Gasteiger partial charge < -0.3 is 24.4 Å². The van der Waals surface area contributed by atoms with E-state index in [0.717, 1.165) is 0 Å². The first-order valence-electron chi connectivity index (χ1n) is 9.09. The molecule has 1 heterocycles. The van der Waals surface area contributed by atoms with Gasteiger partial charge in [0.2, 0.25) is 11.8 Å². The Kier molecular flexibility index (Phi) is 6.47. The van der Waals surface area contributed by atoms with Crippen molar-refractivity contribution in [3.05, 3.63) is 47.0 Å². The number of nitrogens with zero attached hydrogens (tertiary/aromatic N) is 1. The van der Waals surface area contributed by atoms with Gasteiger partial charge in [-0.1, -0.05) is 11.6 Å². The number of ether oxygens (including phenoxy) is 3. The third-order valence-electron chi connectivity index (χ3n) is 4.82. The van der Waals surface area contributed by atoms with Crippen LogP contribution in [0, 0.1) is 5.92 Å². The van der Waals surface area contributed by atoms with Gasteiger partial charge in [0.25, 0.3) is 0 Å². The maximum Gasteiger partial charge on any atom is 0.337 e. The summed E-state index contributed by atoms with van der Waals surface area (Å²) in [5.74, 6) is -0.641. The molecule has 1 aliphatic rings. The summed E-state index contributed by atoms with van der Waals surface area (Å²) < 4.78 is 15.2. The summed E-state index contributed by atoms with van der Waals surface area (Å²) in [6.45, 7) is 0.203. The second kappa shape index (κ2) is 9.04. The Labute approximate surface area is 178 Å². The molecule has 0 saturated carbocycles. The van der Waals surface area contributed by atoms with Crippen molar-refractivity contribution in [2.24, 2.45) is 5.92 Å². The lowest BCUT2D eigenvalue weighted by atomic mass is 10.1. The van der Waals surface area contributed by atoms with Gasteiger partial charge in [0.15, 0.2) is 11.5 Å². The zero-order valence-electron chi connectivity index (χ0n) is 16.7. The Balaban J connectivity index is 1.75. The third-order valence-corrected chi connectivity index (χ3v) is 5.15. The minimum Gasteiger partial charge on any atom is -0.493 e. The van der Waals surface area contributed by atoms with Crippen molar-refractivity contribution in [1.82, 2.24) is 0 Å². The second-order valence-electron chi connectivity index (χ2n) is 6.62. The van der Waals surface area contributed by atoms with Crippen molar-refractivity contribution < 1.29 is 28.6 Å². The molecule has 0 radical (unpaired) electrons. The number of carbonyl (C=O) groups is 3. The molecule has 2 aromatic carbocycles. The van der Waals surface area contributed by atoms with Crippen molar-refractivity contribution >= 4 is 40.8 Å². The summed E-state index contributed by atoms with van der Waals surface area (Å²) in [7, 11) is 4.30. The van der Waals surface area contributed by atoms with Crippen LogP contribution in [0.2, 0.25) is 5.02 Å². The van der Waals surface area contributed by atoms with E-state index in [-0.39, 0.29) is 41.1 Å². The molecule has 0 aromatic heterocycles. The average molecular weight is 433 g/mol. The number of hydrogen-bond donors (Lipinski definition) is 1. The Morgan fingerprint density at radius 1 is 1.07 bits per heavy atom. The van der Waals surface area contributed by atoms with Gasteiger partial charge in [-0.2, -0.15) is 0 Å². The fraction of sp³-hybridized carbons (Fsp3) is 0.286. The van der Waals surface area contributed by atoms with Crippen molar-refractivity contribution in [1.29, 1.82) is 0 Å². The van der Waals surface area contributed by atoms with Gasteiger partial charge in [0.05, 0.1) is 43.5 Å². The predicted molar refractivity (Wildman–Crippen MR) is 111 cm³/mol. The maximum absolute atomic E-state index is 12.8. The number of amides is 2. The number of anilines is 2. The molecule has 9 heteroatoms. The summed E-state index contributed by atoms with van der Waals surface area (Å²) in [5.41, 5.74) is 1.15. The lowest BCUT2D eigenvalue weighted by molar-refractivity contribution is -0.122. The molecule has 8 nitrogen and oxygen atoms in total. The predicted octanol–water partition coefficient (Wildman–Crippen LogP) is 3.14. The number of benzene rings is 2. The summed E-state index contributed by atoms with van der Waals surface area (Å²) in [6, 6.07) is 9.56. The van der Waals surface area contributed by atoms with Gasteiger partial charge in [-0.05, 0) is 30.3 Å². The van der Waals surface area contributed by atoms with Crippen LogP contribution in [-0.2, 0) is 14.3 Å². The Bertz CT molecular complexity index is 993. The van der Waals surface area contributed by atoms with E-state index in [1.54, 1.807) is 18.2 Å². The van der Waals surface area contributed by atoms with Crippen molar-refractivity contribution in [2.45, 2.75) is 6.42 Å². The second-order valence-corrected chi connectivity index (χ2v) is 7.03. The highest BCUT2D eigenvalue weighted by atomic mass is 35.5. The highest BCUT2D eigenvalue weighted by Crippen LogP contribution is 2.34. The smallest absolute Gasteiger partial charge is 0.337 e. The molecule has 3 rings (SSSR count). The van der Waals surface area contributed by atoms with Crippen LogP contribution in [0.15, 0.2) is 36.4 Å². The lowest BCUT2D eigenvalue weighted by Crippen LogP contribution is -2.28. The van der Waals surface area contributed by atoms with E-state index >= 15 is 0 Å². The molecule has 158 valence electrons. The zero-order valence-corrected chi connectivity index (χ0v) is 17.5. The van der Waals surface area contributed by atoms with Crippen molar-refractivity contribution in [2.75, 3.05) is 38.1 Å². The molecule has 30 heavy (non-hydrogen) atoms. The zero-order chi connectivity index (χ0) is 21.8. The molecule has 1 N–H and O–H groups in total. The molecular formula is C21H21ClN2O6. The van der Waals surface area contributed by atoms with Crippen LogP contribution in [0.4, 0.5) is 11.4 Å². The van der Waals surface area contributed by atoms with Gasteiger partial charge in [-0.25, -0.2) is 4.79 Å². The van der Waals surface area contributed by atoms with Crippen LogP contribution in [0.25, 0.3) is 0 Å². The minimum atomic E-state index is -0.580. The summed E-state index contributed by atoms with van der Waals surface area (Å²) in [4.78, 5) is 38.5. The number of halogens is 1. The fourth-order valence-corrected chi connectivity index (χ4v) is 3.39.